The quantitative estimate of drug-likeness (QED) is 0.322. The minimum absolute atomic E-state index is 0.141. The molecule has 184 valence electrons. The van der Waals surface area contributed by atoms with Gasteiger partial charge in [0.1, 0.15) is 29.4 Å². The summed E-state index contributed by atoms with van der Waals surface area (Å²) in [6.07, 6.45) is 3.21. The second kappa shape index (κ2) is 8.79. The molecule has 0 saturated heterocycles. The maximum atomic E-state index is 11.0. The van der Waals surface area contributed by atoms with Crippen LogP contribution >= 0.6 is 11.3 Å². The Balaban J connectivity index is 1.20. The molecule has 0 aliphatic carbocycles. The van der Waals surface area contributed by atoms with Gasteiger partial charge in [-0.1, -0.05) is 6.07 Å². The van der Waals surface area contributed by atoms with E-state index in [9.17, 15) is 4.79 Å². The van der Waals surface area contributed by atoms with E-state index in [1.54, 1.807) is 17.7 Å². The maximum absolute atomic E-state index is 11.0. The first-order valence-corrected chi connectivity index (χ1v) is 12.7. The highest BCUT2D eigenvalue weighted by atomic mass is 32.1. The topological polar surface area (TPSA) is 115 Å². The summed E-state index contributed by atoms with van der Waals surface area (Å²) in [6, 6.07) is 8.31. The van der Waals surface area contributed by atoms with Crippen LogP contribution in [0.2, 0.25) is 0 Å². The number of esters is 1. The molecule has 1 aliphatic rings. The van der Waals surface area contributed by atoms with E-state index in [-0.39, 0.29) is 18.2 Å². The number of aromatic nitrogens is 5. The van der Waals surface area contributed by atoms with Crippen LogP contribution in [0.25, 0.3) is 31.5 Å². The number of H-pyrrole nitrogens is 1. The lowest BCUT2D eigenvalue weighted by Gasteiger charge is -2.30. The normalized spacial score (nSPS) is 14.9. The summed E-state index contributed by atoms with van der Waals surface area (Å²) in [7, 11) is 0. The maximum Gasteiger partial charge on any atom is 0.303 e. The second-order valence-electron chi connectivity index (χ2n) is 9.67. The van der Waals surface area contributed by atoms with Gasteiger partial charge in [0.05, 0.1) is 39.2 Å². The van der Waals surface area contributed by atoms with Crippen molar-refractivity contribution in [3.63, 3.8) is 0 Å². The first kappa shape index (κ1) is 22.8. The number of thiophene rings is 1. The zero-order valence-corrected chi connectivity index (χ0v) is 21.2. The molecule has 4 aromatic heterocycles. The molecule has 10 heteroatoms. The van der Waals surface area contributed by atoms with E-state index in [0.29, 0.717) is 19.0 Å². The largest absolute Gasteiger partial charge is 0.458 e. The standard InChI is InChI=1S/C26H26N6O3S/c1-14(33)34-12-21-30-18-5-4-15(8-19(18)31-21)6-7-27-24-23-22(28-13-29-24)17-9-16-11-35-26(2,3)10-20(16)32-25(17)36-23/h4-5,8-9,13H,6-7,10-12H2,1-3H3,(H,30,31)(H,27,28,29). The highest BCUT2D eigenvalue weighted by molar-refractivity contribution is 7.25. The number of nitrogens with zero attached hydrogens (tertiary/aromatic N) is 4. The molecule has 36 heavy (non-hydrogen) atoms. The molecule has 0 atom stereocenters. The SMILES string of the molecule is CC(=O)OCc1nc2cc(CCNc3ncnc4c3sc3nc5c(cc34)COC(C)(C)C5)ccc2[nH]1. The van der Waals surface area contributed by atoms with Crippen LogP contribution < -0.4 is 5.32 Å². The van der Waals surface area contributed by atoms with Crippen LogP contribution in [0.1, 0.15) is 43.4 Å². The third kappa shape index (κ3) is 4.38. The highest BCUT2D eigenvalue weighted by Gasteiger charge is 2.28. The number of rotatable bonds is 6. The Hall–Kier alpha value is -3.63. The van der Waals surface area contributed by atoms with E-state index in [2.05, 4.69) is 57.3 Å². The number of carbonyl (C=O) groups excluding carboxylic acids is 1. The van der Waals surface area contributed by atoms with Crippen molar-refractivity contribution in [2.75, 3.05) is 11.9 Å². The predicted octanol–water partition coefficient (Wildman–Crippen LogP) is 4.68. The molecule has 0 bridgehead atoms. The monoisotopic (exact) mass is 502 g/mol. The Kier molecular flexibility index (Phi) is 5.57. The van der Waals surface area contributed by atoms with E-state index >= 15 is 0 Å². The first-order valence-electron chi connectivity index (χ1n) is 11.9. The number of pyridine rings is 1. The molecule has 9 nitrogen and oxygen atoms in total. The molecule has 0 spiro atoms. The van der Waals surface area contributed by atoms with Crippen molar-refractivity contribution >= 4 is 54.6 Å². The van der Waals surface area contributed by atoms with Crippen LogP contribution in [0.15, 0.2) is 30.6 Å². The fourth-order valence-corrected chi connectivity index (χ4v) is 5.63. The van der Waals surface area contributed by atoms with Gasteiger partial charge in [0.25, 0.3) is 0 Å². The number of imidazole rings is 1. The smallest absolute Gasteiger partial charge is 0.303 e. The molecule has 5 heterocycles. The van der Waals surface area contributed by atoms with Crippen LogP contribution in [0.4, 0.5) is 5.82 Å². The molecule has 0 fully saturated rings. The van der Waals surface area contributed by atoms with Gasteiger partial charge < -0.3 is 19.8 Å². The van der Waals surface area contributed by atoms with Crippen LogP contribution in [-0.2, 0) is 40.3 Å². The van der Waals surface area contributed by atoms with Gasteiger partial charge in [-0.15, -0.1) is 11.3 Å². The number of aromatic amines is 1. The summed E-state index contributed by atoms with van der Waals surface area (Å²) in [5.74, 6) is 1.13. The Morgan fingerprint density at radius 1 is 1.25 bits per heavy atom. The number of benzene rings is 1. The van der Waals surface area contributed by atoms with Crippen molar-refractivity contribution in [2.24, 2.45) is 0 Å². The molecule has 1 aliphatic heterocycles. The van der Waals surface area contributed by atoms with Crippen molar-refractivity contribution in [1.82, 2.24) is 24.9 Å². The van der Waals surface area contributed by atoms with E-state index in [0.717, 1.165) is 66.9 Å². The van der Waals surface area contributed by atoms with E-state index < -0.39 is 0 Å². The first-order chi connectivity index (χ1) is 17.3. The summed E-state index contributed by atoms with van der Waals surface area (Å²) in [5.41, 5.74) is 5.90. The van der Waals surface area contributed by atoms with Crippen molar-refractivity contribution < 1.29 is 14.3 Å². The fraction of sp³-hybridized carbons (Fsp3) is 0.346. The van der Waals surface area contributed by atoms with Gasteiger partial charge in [0.2, 0.25) is 0 Å². The summed E-state index contributed by atoms with van der Waals surface area (Å²) in [6.45, 7) is 7.02. The zero-order chi connectivity index (χ0) is 24.9. The average Bonchev–Trinajstić information content (AvgIpc) is 3.41. The number of nitrogens with one attached hydrogen (secondary N) is 2. The Morgan fingerprint density at radius 3 is 3.00 bits per heavy atom. The molecular formula is C26H26N6O3S. The summed E-state index contributed by atoms with van der Waals surface area (Å²) >= 11 is 1.63. The molecule has 6 rings (SSSR count). The van der Waals surface area contributed by atoms with Gasteiger partial charge in [-0.05, 0) is 44.0 Å². The number of hydrogen-bond donors (Lipinski definition) is 2. The van der Waals surface area contributed by atoms with E-state index in [4.69, 9.17) is 14.5 Å². The van der Waals surface area contributed by atoms with Gasteiger partial charge in [0, 0.05) is 30.8 Å². The number of fused-ring (bicyclic) bond motifs is 5. The molecule has 0 radical (unpaired) electrons. The van der Waals surface area contributed by atoms with Crippen LogP contribution in [0, 0.1) is 0 Å². The van der Waals surface area contributed by atoms with Crippen molar-refractivity contribution in [2.45, 2.75) is 52.4 Å². The van der Waals surface area contributed by atoms with Crippen LogP contribution in [0.5, 0.6) is 0 Å². The Labute approximate surface area is 211 Å². The van der Waals surface area contributed by atoms with Crippen molar-refractivity contribution in [1.29, 1.82) is 0 Å². The number of anilines is 1. The van der Waals surface area contributed by atoms with Gasteiger partial charge in [-0.2, -0.15) is 0 Å². The molecule has 5 aromatic rings. The van der Waals surface area contributed by atoms with Crippen LogP contribution in [0.3, 0.4) is 0 Å². The van der Waals surface area contributed by atoms with Crippen molar-refractivity contribution in [3.8, 4) is 0 Å². The third-order valence-corrected chi connectivity index (χ3v) is 7.44. The number of hydrogen-bond acceptors (Lipinski definition) is 9. The zero-order valence-electron chi connectivity index (χ0n) is 20.3. The lowest BCUT2D eigenvalue weighted by molar-refractivity contribution is -0.142. The van der Waals surface area contributed by atoms with E-state index in [1.165, 1.54) is 6.92 Å². The van der Waals surface area contributed by atoms with Crippen LogP contribution in [-0.4, -0.2) is 43.0 Å². The predicted molar refractivity (Wildman–Crippen MR) is 139 cm³/mol. The minimum Gasteiger partial charge on any atom is -0.458 e. The molecular weight excluding hydrogens is 476 g/mol. The molecule has 0 saturated carbocycles. The molecule has 0 unspecified atom stereocenters. The lowest BCUT2D eigenvalue weighted by atomic mass is 9.95. The summed E-state index contributed by atoms with van der Waals surface area (Å²) in [5, 5.41) is 4.54. The lowest BCUT2D eigenvalue weighted by Crippen LogP contribution is -2.32. The van der Waals surface area contributed by atoms with Gasteiger partial charge in [0.15, 0.2) is 0 Å². The van der Waals surface area contributed by atoms with E-state index in [1.807, 2.05) is 6.07 Å². The minimum atomic E-state index is -0.326. The van der Waals surface area contributed by atoms with Gasteiger partial charge in [-0.3, -0.25) is 4.79 Å². The molecule has 2 N–H and O–H groups in total. The average molecular weight is 503 g/mol. The molecule has 1 aromatic carbocycles. The van der Waals surface area contributed by atoms with Crippen molar-refractivity contribution in [3.05, 3.63) is 53.2 Å². The highest BCUT2D eigenvalue weighted by Crippen LogP contribution is 2.38. The number of carbonyl (C=O) groups is 1. The summed E-state index contributed by atoms with van der Waals surface area (Å²) < 4.78 is 12.0. The van der Waals surface area contributed by atoms with Gasteiger partial charge >= 0.3 is 5.97 Å². The fourth-order valence-electron chi connectivity index (χ4n) is 4.53. The third-order valence-electron chi connectivity index (χ3n) is 6.34. The number of ether oxygens (including phenoxy) is 2. The second-order valence-corrected chi connectivity index (χ2v) is 10.7. The Morgan fingerprint density at radius 2 is 2.14 bits per heavy atom. The van der Waals surface area contributed by atoms with Gasteiger partial charge in [-0.25, -0.2) is 19.9 Å². The molecule has 0 amide bonds. The Bertz CT molecular complexity index is 1620. The summed E-state index contributed by atoms with van der Waals surface area (Å²) in [4.78, 5) is 33.8.